The van der Waals surface area contributed by atoms with Crippen molar-refractivity contribution in [2.45, 2.75) is 10.9 Å². The highest BCUT2D eigenvalue weighted by Gasteiger charge is 2.08. The van der Waals surface area contributed by atoms with Crippen LogP contribution >= 0.6 is 34.4 Å². The molecule has 0 unspecified atom stereocenters. The maximum Gasteiger partial charge on any atom is 0.269 e. The van der Waals surface area contributed by atoms with E-state index in [-0.39, 0.29) is 5.69 Å². The highest BCUT2D eigenvalue weighted by atomic mass is 127. The molecule has 0 aliphatic rings. The SMILES string of the molecule is O=[N+]([O-])c1ccc(Nc2nc(SCc3ccccc3)ncc2I)cc1. The first kappa shape index (κ1) is 17.6. The minimum atomic E-state index is -0.420. The van der Waals surface area contributed by atoms with Gasteiger partial charge in [-0.25, -0.2) is 9.97 Å². The first-order valence-electron chi connectivity index (χ1n) is 7.32. The number of hydrogen-bond acceptors (Lipinski definition) is 6. The highest BCUT2D eigenvalue weighted by molar-refractivity contribution is 14.1. The van der Waals surface area contributed by atoms with Gasteiger partial charge in [-0.15, -0.1) is 0 Å². The van der Waals surface area contributed by atoms with Gasteiger partial charge in [0, 0.05) is 29.8 Å². The maximum absolute atomic E-state index is 10.7. The summed E-state index contributed by atoms with van der Waals surface area (Å²) in [6.45, 7) is 0. The fraction of sp³-hybridized carbons (Fsp3) is 0.0588. The Morgan fingerprint density at radius 1 is 1.12 bits per heavy atom. The molecule has 1 aromatic heterocycles. The lowest BCUT2D eigenvalue weighted by Gasteiger charge is -2.09. The summed E-state index contributed by atoms with van der Waals surface area (Å²) in [5.41, 5.74) is 2.00. The van der Waals surface area contributed by atoms with Gasteiger partial charge in [0.15, 0.2) is 5.16 Å². The molecular formula is C17H13IN4O2S. The van der Waals surface area contributed by atoms with Gasteiger partial charge in [0.1, 0.15) is 5.82 Å². The van der Waals surface area contributed by atoms with E-state index in [0.29, 0.717) is 11.0 Å². The lowest BCUT2D eigenvalue weighted by molar-refractivity contribution is -0.384. The van der Waals surface area contributed by atoms with E-state index in [4.69, 9.17) is 0 Å². The van der Waals surface area contributed by atoms with Crippen LogP contribution in [0.15, 0.2) is 66.0 Å². The second kappa shape index (κ2) is 8.26. The standard InChI is InChI=1S/C17H13IN4O2S/c18-15-10-19-17(25-11-12-4-2-1-3-5-12)21-16(15)20-13-6-8-14(9-7-13)22(23)24/h1-10H,11H2,(H,19,20,21). The summed E-state index contributed by atoms with van der Waals surface area (Å²) >= 11 is 3.71. The third-order valence-corrected chi connectivity index (χ3v) is 5.00. The van der Waals surface area contributed by atoms with Crippen LogP contribution in [-0.2, 0) is 5.75 Å². The molecule has 6 nitrogen and oxygen atoms in total. The summed E-state index contributed by atoms with van der Waals surface area (Å²) in [5, 5.41) is 14.6. The molecule has 25 heavy (non-hydrogen) atoms. The van der Waals surface area contributed by atoms with Crippen LogP contribution in [0.3, 0.4) is 0 Å². The van der Waals surface area contributed by atoms with Crippen molar-refractivity contribution in [1.82, 2.24) is 9.97 Å². The summed E-state index contributed by atoms with van der Waals surface area (Å²) in [6, 6.07) is 16.4. The average Bonchev–Trinajstić information content (AvgIpc) is 2.63. The topological polar surface area (TPSA) is 81.0 Å². The van der Waals surface area contributed by atoms with E-state index in [9.17, 15) is 10.1 Å². The molecule has 1 heterocycles. The molecule has 126 valence electrons. The molecule has 0 saturated heterocycles. The molecule has 0 bridgehead atoms. The Morgan fingerprint density at radius 3 is 2.52 bits per heavy atom. The van der Waals surface area contributed by atoms with Crippen molar-refractivity contribution in [3.8, 4) is 0 Å². The van der Waals surface area contributed by atoms with Crippen molar-refractivity contribution >= 4 is 51.5 Å². The number of anilines is 2. The highest BCUT2D eigenvalue weighted by Crippen LogP contribution is 2.26. The average molecular weight is 464 g/mol. The molecule has 3 rings (SSSR count). The van der Waals surface area contributed by atoms with E-state index in [1.54, 1.807) is 30.1 Å². The Balaban J connectivity index is 1.71. The van der Waals surface area contributed by atoms with Gasteiger partial charge in [-0.2, -0.15) is 0 Å². The second-order valence-corrected chi connectivity index (χ2v) is 7.16. The van der Waals surface area contributed by atoms with Gasteiger partial charge in [-0.3, -0.25) is 10.1 Å². The molecule has 3 aromatic rings. The number of nitrogens with zero attached hydrogens (tertiary/aromatic N) is 3. The third-order valence-electron chi connectivity index (χ3n) is 3.27. The zero-order chi connectivity index (χ0) is 17.6. The fourth-order valence-electron chi connectivity index (χ4n) is 2.03. The number of aromatic nitrogens is 2. The van der Waals surface area contributed by atoms with Crippen LogP contribution < -0.4 is 5.32 Å². The van der Waals surface area contributed by atoms with E-state index >= 15 is 0 Å². The van der Waals surface area contributed by atoms with Gasteiger partial charge in [0.05, 0.1) is 8.49 Å². The minimum Gasteiger partial charge on any atom is -0.339 e. The predicted octanol–water partition coefficient (Wildman–Crippen LogP) is 5.03. The van der Waals surface area contributed by atoms with E-state index in [2.05, 4.69) is 50.0 Å². The van der Waals surface area contributed by atoms with Crippen LogP contribution in [-0.4, -0.2) is 14.9 Å². The number of thioether (sulfide) groups is 1. The smallest absolute Gasteiger partial charge is 0.269 e. The number of rotatable bonds is 6. The monoisotopic (exact) mass is 464 g/mol. The number of nitro groups is 1. The zero-order valence-electron chi connectivity index (χ0n) is 12.9. The van der Waals surface area contributed by atoms with Gasteiger partial charge >= 0.3 is 0 Å². The predicted molar refractivity (Wildman–Crippen MR) is 107 cm³/mol. The Morgan fingerprint density at radius 2 is 1.84 bits per heavy atom. The molecule has 0 radical (unpaired) electrons. The van der Waals surface area contributed by atoms with E-state index in [1.807, 2.05) is 18.2 Å². The molecule has 0 aliphatic carbocycles. The summed E-state index contributed by atoms with van der Waals surface area (Å²) in [6.07, 6.45) is 1.76. The molecule has 0 aliphatic heterocycles. The van der Waals surface area contributed by atoms with Crippen molar-refractivity contribution in [3.63, 3.8) is 0 Å². The molecule has 0 atom stereocenters. The minimum absolute atomic E-state index is 0.0574. The molecule has 0 saturated carbocycles. The van der Waals surface area contributed by atoms with Crippen LogP contribution in [0.1, 0.15) is 5.56 Å². The van der Waals surface area contributed by atoms with Gasteiger partial charge in [-0.1, -0.05) is 42.1 Å². The quantitative estimate of drug-likeness (QED) is 0.181. The van der Waals surface area contributed by atoms with Gasteiger partial charge in [-0.05, 0) is 40.3 Å². The maximum atomic E-state index is 10.7. The molecule has 2 aromatic carbocycles. The summed E-state index contributed by atoms with van der Waals surface area (Å²) < 4.78 is 0.875. The van der Waals surface area contributed by atoms with Crippen molar-refractivity contribution in [3.05, 3.63) is 80.0 Å². The van der Waals surface area contributed by atoms with E-state index in [0.717, 1.165) is 15.0 Å². The first-order valence-corrected chi connectivity index (χ1v) is 9.39. The Labute approximate surface area is 162 Å². The number of benzene rings is 2. The first-order chi connectivity index (χ1) is 12.1. The normalized spacial score (nSPS) is 10.4. The second-order valence-electron chi connectivity index (χ2n) is 5.05. The summed E-state index contributed by atoms with van der Waals surface area (Å²) in [4.78, 5) is 19.2. The molecule has 0 fully saturated rings. The lowest BCUT2D eigenvalue weighted by Crippen LogP contribution is -2.00. The van der Waals surface area contributed by atoms with Crippen molar-refractivity contribution in [1.29, 1.82) is 0 Å². The van der Waals surface area contributed by atoms with Crippen LogP contribution in [0.2, 0.25) is 0 Å². The van der Waals surface area contributed by atoms with Crippen molar-refractivity contribution in [2.24, 2.45) is 0 Å². The Kier molecular flexibility index (Phi) is 5.82. The number of nitro benzene ring substituents is 1. The number of halogens is 1. The molecule has 1 N–H and O–H groups in total. The Bertz CT molecular complexity index is 876. The van der Waals surface area contributed by atoms with Crippen molar-refractivity contribution < 1.29 is 4.92 Å². The largest absolute Gasteiger partial charge is 0.339 e. The van der Waals surface area contributed by atoms with E-state index in [1.165, 1.54) is 17.7 Å². The van der Waals surface area contributed by atoms with Crippen LogP contribution in [0.4, 0.5) is 17.2 Å². The van der Waals surface area contributed by atoms with Crippen LogP contribution in [0.25, 0.3) is 0 Å². The zero-order valence-corrected chi connectivity index (χ0v) is 15.9. The van der Waals surface area contributed by atoms with Gasteiger partial charge in [0.2, 0.25) is 0 Å². The molecule has 0 amide bonds. The van der Waals surface area contributed by atoms with Gasteiger partial charge < -0.3 is 5.32 Å². The van der Waals surface area contributed by atoms with Crippen LogP contribution in [0, 0.1) is 13.7 Å². The summed E-state index contributed by atoms with van der Waals surface area (Å²) in [5.74, 6) is 1.47. The van der Waals surface area contributed by atoms with Crippen LogP contribution in [0.5, 0.6) is 0 Å². The number of non-ortho nitro benzene ring substituents is 1. The Hall–Kier alpha value is -2.20. The molecule has 8 heteroatoms. The van der Waals surface area contributed by atoms with Crippen molar-refractivity contribution in [2.75, 3.05) is 5.32 Å². The third kappa shape index (κ3) is 4.89. The molecular weight excluding hydrogens is 451 g/mol. The van der Waals surface area contributed by atoms with Gasteiger partial charge in [0.25, 0.3) is 5.69 Å². The molecule has 0 spiro atoms. The fourth-order valence-corrected chi connectivity index (χ4v) is 3.20. The number of hydrogen-bond donors (Lipinski definition) is 1. The lowest BCUT2D eigenvalue weighted by atomic mass is 10.2. The van der Waals surface area contributed by atoms with E-state index < -0.39 is 4.92 Å². The summed E-state index contributed by atoms with van der Waals surface area (Å²) in [7, 11) is 0. The number of nitrogens with one attached hydrogen (secondary N) is 1.